The van der Waals surface area contributed by atoms with Crippen molar-refractivity contribution in [3.63, 3.8) is 0 Å². The largest absolute Gasteiger partial charge is 0.296 e. The molecule has 1 aliphatic heterocycles. The molecular weight excluding hydrogens is 298 g/mol. The zero-order chi connectivity index (χ0) is 12.7. The summed E-state index contributed by atoms with van der Waals surface area (Å²) in [5.74, 6) is -0.826. The number of fused-ring (bicyclic) bond motifs is 1. The van der Waals surface area contributed by atoms with Crippen molar-refractivity contribution in [2.45, 2.75) is 18.8 Å². The number of imide groups is 1. The van der Waals surface area contributed by atoms with E-state index in [0.717, 1.165) is 5.52 Å². The maximum atomic E-state index is 11.9. The fourth-order valence-corrected chi connectivity index (χ4v) is 2.73. The Kier molecular flexibility index (Phi) is 2.66. The van der Waals surface area contributed by atoms with Crippen molar-refractivity contribution in [1.82, 2.24) is 14.7 Å². The number of halogens is 1. The summed E-state index contributed by atoms with van der Waals surface area (Å²) in [6, 6.07) is 5.71. The summed E-state index contributed by atoms with van der Waals surface area (Å²) >= 11 is 3.37. The standard InChI is InChI=1S/C12H10BrN3O2/c13-12-15-10(8-3-1-2-6-16(8)12)7-4-5-9(17)14-11(7)18/h1-3,6-7H,4-5H2,(H,14,17,18). The molecule has 1 unspecified atom stereocenters. The van der Waals surface area contributed by atoms with Gasteiger partial charge in [0.15, 0.2) is 4.73 Å². The van der Waals surface area contributed by atoms with E-state index in [1.165, 1.54) is 0 Å². The number of piperidine rings is 1. The summed E-state index contributed by atoms with van der Waals surface area (Å²) in [6.45, 7) is 0. The first-order valence-corrected chi connectivity index (χ1v) is 6.42. The zero-order valence-corrected chi connectivity index (χ0v) is 11.0. The van der Waals surface area contributed by atoms with E-state index in [9.17, 15) is 9.59 Å². The van der Waals surface area contributed by atoms with E-state index in [2.05, 4.69) is 26.2 Å². The van der Waals surface area contributed by atoms with Crippen LogP contribution in [0.25, 0.3) is 5.52 Å². The van der Waals surface area contributed by atoms with Crippen molar-refractivity contribution in [3.8, 4) is 0 Å². The molecule has 2 aromatic heterocycles. The Morgan fingerprint density at radius 1 is 1.39 bits per heavy atom. The first kappa shape index (κ1) is 11.4. The lowest BCUT2D eigenvalue weighted by molar-refractivity contribution is -0.134. The summed E-state index contributed by atoms with van der Waals surface area (Å²) in [4.78, 5) is 27.4. The molecule has 0 spiro atoms. The number of nitrogens with one attached hydrogen (secondary N) is 1. The number of pyridine rings is 1. The smallest absolute Gasteiger partial charge is 0.235 e. The van der Waals surface area contributed by atoms with Crippen LogP contribution in [0.2, 0.25) is 0 Å². The van der Waals surface area contributed by atoms with Gasteiger partial charge in [0.1, 0.15) is 0 Å². The molecule has 0 bridgehead atoms. The van der Waals surface area contributed by atoms with Crippen LogP contribution >= 0.6 is 15.9 Å². The van der Waals surface area contributed by atoms with Crippen molar-refractivity contribution in [2.24, 2.45) is 0 Å². The Morgan fingerprint density at radius 2 is 2.22 bits per heavy atom. The summed E-state index contributed by atoms with van der Waals surface area (Å²) in [5, 5.41) is 2.36. The van der Waals surface area contributed by atoms with E-state index >= 15 is 0 Å². The molecule has 3 rings (SSSR count). The van der Waals surface area contributed by atoms with Crippen LogP contribution in [-0.2, 0) is 9.59 Å². The predicted octanol–water partition coefficient (Wildman–Crippen LogP) is 1.62. The number of rotatable bonds is 1. The quantitative estimate of drug-likeness (QED) is 0.814. The van der Waals surface area contributed by atoms with Crippen LogP contribution < -0.4 is 5.32 Å². The minimum absolute atomic E-state index is 0.209. The van der Waals surface area contributed by atoms with Gasteiger partial charge in [-0.05, 0) is 34.5 Å². The van der Waals surface area contributed by atoms with Crippen molar-refractivity contribution in [1.29, 1.82) is 0 Å². The second-order valence-electron chi connectivity index (χ2n) is 4.23. The SMILES string of the molecule is O=C1CCC(c2nc(Br)n3ccccc23)C(=O)N1. The van der Waals surface area contributed by atoms with Gasteiger partial charge in [-0.3, -0.25) is 19.3 Å². The summed E-state index contributed by atoms with van der Waals surface area (Å²) in [7, 11) is 0. The highest BCUT2D eigenvalue weighted by molar-refractivity contribution is 9.10. The zero-order valence-electron chi connectivity index (χ0n) is 9.39. The third kappa shape index (κ3) is 1.73. The summed E-state index contributed by atoms with van der Waals surface area (Å²) < 4.78 is 2.54. The number of carbonyl (C=O) groups excluding carboxylic acids is 2. The number of nitrogens with zero attached hydrogens (tertiary/aromatic N) is 2. The maximum Gasteiger partial charge on any atom is 0.235 e. The molecule has 0 saturated carbocycles. The normalized spacial score (nSPS) is 20.2. The van der Waals surface area contributed by atoms with E-state index in [4.69, 9.17) is 0 Å². The fraction of sp³-hybridized carbons (Fsp3) is 0.250. The number of amides is 2. The first-order chi connectivity index (χ1) is 8.66. The van der Waals surface area contributed by atoms with Gasteiger partial charge in [-0.2, -0.15) is 0 Å². The maximum absolute atomic E-state index is 11.9. The molecule has 2 amide bonds. The fourth-order valence-electron chi connectivity index (χ4n) is 2.23. The van der Waals surface area contributed by atoms with Crippen LogP contribution in [0.5, 0.6) is 0 Å². The third-order valence-electron chi connectivity index (χ3n) is 3.10. The Hall–Kier alpha value is -1.69. The van der Waals surface area contributed by atoms with Crippen molar-refractivity contribution >= 4 is 33.3 Å². The van der Waals surface area contributed by atoms with Gasteiger partial charge in [0.05, 0.1) is 17.1 Å². The molecule has 1 atom stereocenters. The molecule has 92 valence electrons. The van der Waals surface area contributed by atoms with Crippen molar-refractivity contribution in [2.75, 3.05) is 0 Å². The lowest BCUT2D eigenvalue weighted by Crippen LogP contribution is -2.39. The molecule has 6 heteroatoms. The van der Waals surface area contributed by atoms with Crippen LogP contribution in [0.4, 0.5) is 0 Å². The molecule has 1 aliphatic rings. The number of imidazole rings is 1. The van der Waals surface area contributed by atoms with Crippen LogP contribution in [0, 0.1) is 0 Å². The average Bonchev–Trinajstić information content (AvgIpc) is 2.68. The number of hydrogen-bond donors (Lipinski definition) is 1. The van der Waals surface area contributed by atoms with Gasteiger partial charge in [-0.15, -0.1) is 0 Å². The van der Waals surface area contributed by atoms with Crippen molar-refractivity contribution < 1.29 is 9.59 Å². The van der Waals surface area contributed by atoms with E-state index in [0.29, 0.717) is 23.3 Å². The van der Waals surface area contributed by atoms with E-state index in [1.54, 1.807) is 0 Å². The molecule has 0 aromatic carbocycles. The Balaban J connectivity index is 2.09. The van der Waals surface area contributed by atoms with Gasteiger partial charge in [0, 0.05) is 12.6 Å². The van der Waals surface area contributed by atoms with Crippen LogP contribution in [-0.4, -0.2) is 21.2 Å². The predicted molar refractivity (Wildman–Crippen MR) is 68.0 cm³/mol. The first-order valence-electron chi connectivity index (χ1n) is 5.63. The molecule has 18 heavy (non-hydrogen) atoms. The van der Waals surface area contributed by atoms with Gasteiger partial charge in [0.2, 0.25) is 11.8 Å². The molecule has 1 fully saturated rings. The minimum atomic E-state index is -0.355. The molecule has 2 aromatic rings. The molecule has 5 nitrogen and oxygen atoms in total. The van der Waals surface area contributed by atoms with Gasteiger partial charge >= 0.3 is 0 Å². The number of hydrogen-bond acceptors (Lipinski definition) is 3. The molecule has 0 aliphatic carbocycles. The second kappa shape index (κ2) is 4.20. The van der Waals surface area contributed by atoms with E-state index < -0.39 is 0 Å². The second-order valence-corrected chi connectivity index (χ2v) is 4.93. The molecular formula is C12H10BrN3O2. The molecule has 1 N–H and O–H groups in total. The Labute approximate surface area is 111 Å². The van der Waals surface area contributed by atoms with Crippen LogP contribution in [0.1, 0.15) is 24.5 Å². The van der Waals surface area contributed by atoms with E-state index in [-0.39, 0.29) is 17.7 Å². The average molecular weight is 308 g/mol. The molecule has 3 heterocycles. The number of aromatic nitrogens is 2. The topological polar surface area (TPSA) is 63.5 Å². The van der Waals surface area contributed by atoms with Crippen LogP contribution in [0.15, 0.2) is 29.1 Å². The van der Waals surface area contributed by atoms with Gasteiger partial charge in [-0.1, -0.05) is 6.07 Å². The summed E-state index contributed by atoms with van der Waals surface area (Å²) in [6.07, 6.45) is 2.75. The van der Waals surface area contributed by atoms with Crippen LogP contribution in [0.3, 0.4) is 0 Å². The highest BCUT2D eigenvalue weighted by Gasteiger charge is 2.31. The van der Waals surface area contributed by atoms with Crippen molar-refractivity contribution in [3.05, 3.63) is 34.8 Å². The Morgan fingerprint density at radius 3 is 3.00 bits per heavy atom. The van der Waals surface area contributed by atoms with Gasteiger partial charge in [-0.25, -0.2) is 4.98 Å². The lowest BCUT2D eigenvalue weighted by atomic mass is 9.94. The van der Waals surface area contributed by atoms with Gasteiger partial charge in [0.25, 0.3) is 0 Å². The Bertz CT molecular complexity index is 650. The summed E-state index contributed by atoms with van der Waals surface area (Å²) in [5.41, 5.74) is 1.60. The highest BCUT2D eigenvalue weighted by Crippen LogP contribution is 2.29. The lowest BCUT2D eigenvalue weighted by Gasteiger charge is -2.19. The van der Waals surface area contributed by atoms with Gasteiger partial charge < -0.3 is 0 Å². The number of carbonyl (C=O) groups is 2. The minimum Gasteiger partial charge on any atom is -0.296 e. The molecule has 1 saturated heterocycles. The molecule has 0 radical (unpaired) electrons. The highest BCUT2D eigenvalue weighted by atomic mass is 79.9. The van der Waals surface area contributed by atoms with E-state index in [1.807, 2.05) is 28.8 Å². The monoisotopic (exact) mass is 307 g/mol. The third-order valence-corrected chi connectivity index (χ3v) is 3.66.